The van der Waals surface area contributed by atoms with Gasteiger partial charge < -0.3 is 9.84 Å². The Labute approximate surface area is 102 Å². The highest BCUT2D eigenvalue weighted by molar-refractivity contribution is 5.73. The maximum Gasteiger partial charge on any atom is 0.311 e. The molecule has 5 nitrogen and oxygen atoms in total. The lowest BCUT2D eigenvalue weighted by molar-refractivity contribution is -0.142. The van der Waals surface area contributed by atoms with Gasteiger partial charge in [0.2, 0.25) is 0 Å². The average molecular weight is 256 g/mol. The topological polar surface area (TPSA) is 83.2 Å². The van der Waals surface area contributed by atoms with E-state index < -0.39 is 35.7 Å². The number of hydrogen-bond acceptors (Lipinski definition) is 5. The molecule has 0 aliphatic heterocycles. The fraction of sp³-hybridized carbons (Fsp3) is 0.364. The molecule has 0 radical (unpaired) electrons. The minimum atomic E-state index is -3.01. The molecule has 1 rings (SSSR count). The molecule has 1 aromatic rings. The average Bonchev–Trinajstić information content (AvgIpc) is 2.30. The number of nitrogens with zero attached hydrogens (tertiary/aromatic N) is 2. The summed E-state index contributed by atoms with van der Waals surface area (Å²) in [4.78, 5) is 14.8. The molecule has 0 fully saturated rings. The molecular weight excluding hydrogens is 246 g/mol. The van der Waals surface area contributed by atoms with E-state index >= 15 is 0 Å². The maximum absolute atomic E-state index is 12.8. The zero-order chi connectivity index (χ0) is 13.7. The zero-order valence-electron chi connectivity index (χ0n) is 9.48. The number of alkyl halides is 2. The molecule has 0 saturated heterocycles. The van der Waals surface area contributed by atoms with Gasteiger partial charge in [-0.15, -0.1) is 0 Å². The van der Waals surface area contributed by atoms with Crippen LogP contribution in [0.1, 0.15) is 30.2 Å². The molecule has 0 aliphatic rings. The van der Waals surface area contributed by atoms with Gasteiger partial charge >= 0.3 is 5.97 Å². The Morgan fingerprint density at radius 1 is 1.67 bits per heavy atom. The number of aromatic nitrogens is 1. The van der Waals surface area contributed by atoms with E-state index in [9.17, 15) is 18.7 Å². The van der Waals surface area contributed by atoms with Crippen LogP contribution in [0.15, 0.2) is 6.20 Å². The molecule has 7 heteroatoms. The van der Waals surface area contributed by atoms with Crippen LogP contribution in [-0.4, -0.2) is 22.7 Å². The second-order valence-electron chi connectivity index (χ2n) is 3.27. The van der Waals surface area contributed by atoms with Crippen molar-refractivity contribution in [2.45, 2.75) is 19.8 Å². The summed E-state index contributed by atoms with van der Waals surface area (Å²) in [6.45, 7) is 1.70. The summed E-state index contributed by atoms with van der Waals surface area (Å²) in [6.07, 6.45) is -2.62. The smallest absolute Gasteiger partial charge is 0.311 e. The molecule has 96 valence electrons. The van der Waals surface area contributed by atoms with E-state index in [-0.39, 0.29) is 12.3 Å². The number of esters is 1. The third kappa shape index (κ3) is 2.91. The van der Waals surface area contributed by atoms with E-state index in [1.165, 1.54) is 6.07 Å². The van der Waals surface area contributed by atoms with E-state index in [1.54, 1.807) is 6.92 Å². The number of carbonyl (C=O) groups excluding carboxylic acids is 1. The molecule has 0 unspecified atom stereocenters. The molecule has 1 heterocycles. The highest BCUT2D eigenvalue weighted by atomic mass is 19.3. The normalized spacial score (nSPS) is 10.2. The van der Waals surface area contributed by atoms with Gasteiger partial charge in [-0.25, -0.2) is 8.78 Å². The minimum Gasteiger partial charge on any atom is -0.505 e. The van der Waals surface area contributed by atoms with Gasteiger partial charge in [0.25, 0.3) is 6.43 Å². The third-order valence-electron chi connectivity index (χ3n) is 2.13. The largest absolute Gasteiger partial charge is 0.505 e. The van der Waals surface area contributed by atoms with Gasteiger partial charge in [0.05, 0.1) is 30.5 Å². The van der Waals surface area contributed by atoms with Crippen LogP contribution in [0.25, 0.3) is 0 Å². The van der Waals surface area contributed by atoms with Crippen LogP contribution < -0.4 is 0 Å². The first kappa shape index (κ1) is 13.8. The van der Waals surface area contributed by atoms with E-state index in [0.29, 0.717) is 0 Å². The lowest BCUT2D eigenvalue weighted by Gasteiger charge is -2.10. The molecule has 0 spiro atoms. The van der Waals surface area contributed by atoms with Crippen molar-refractivity contribution in [2.24, 2.45) is 0 Å². The summed E-state index contributed by atoms with van der Waals surface area (Å²) in [5.74, 6) is -1.36. The summed E-state index contributed by atoms with van der Waals surface area (Å²) in [5, 5.41) is 18.0. The highest BCUT2D eigenvalue weighted by Gasteiger charge is 2.24. The number of hydrogen-bond donors (Lipinski definition) is 1. The minimum absolute atomic E-state index is 0.117. The monoisotopic (exact) mass is 256 g/mol. The third-order valence-corrected chi connectivity index (χ3v) is 2.13. The van der Waals surface area contributed by atoms with Crippen LogP contribution >= 0.6 is 0 Å². The van der Waals surface area contributed by atoms with Crippen molar-refractivity contribution in [3.8, 4) is 11.8 Å². The first-order chi connectivity index (χ1) is 8.51. The van der Waals surface area contributed by atoms with Crippen LogP contribution in [-0.2, 0) is 16.0 Å². The number of ether oxygens (including phenoxy) is 1. The summed E-state index contributed by atoms with van der Waals surface area (Å²) in [7, 11) is 0. The number of rotatable bonds is 4. The molecule has 18 heavy (non-hydrogen) atoms. The van der Waals surface area contributed by atoms with E-state index in [4.69, 9.17) is 5.26 Å². The van der Waals surface area contributed by atoms with E-state index in [0.717, 1.165) is 6.20 Å². The highest BCUT2D eigenvalue weighted by Crippen LogP contribution is 2.30. The van der Waals surface area contributed by atoms with Crippen LogP contribution in [0.2, 0.25) is 0 Å². The van der Waals surface area contributed by atoms with Gasteiger partial charge in [-0.1, -0.05) is 0 Å². The first-order valence-electron chi connectivity index (χ1n) is 5.05. The van der Waals surface area contributed by atoms with Crippen molar-refractivity contribution in [3.05, 3.63) is 23.0 Å². The fourth-order valence-corrected chi connectivity index (χ4v) is 1.40. The van der Waals surface area contributed by atoms with Crippen LogP contribution in [0.3, 0.4) is 0 Å². The van der Waals surface area contributed by atoms with Crippen LogP contribution in [0.5, 0.6) is 5.75 Å². The molecule has 0 atom stereocenters. The first-order valence-corrected chi connectivity index (χ1v) is 5.05. The maximum atomic E-state index is 12.8. The van der Waals surface area contributed by atoms with Crippen molar-refractivity contribution < 1.29 is 23.4 Å². The van der Waals surface area contributed by atoms with Crippen molar-refractivity contribution in [3.63, 3.8) is 0 Å². The number of pyridine rings is 1. The second-order valence-corrected chi connectivity index (χ2v) is 3.27. The van der Waals surface area contributed by atoms with Gasteiger partial charge in [0.1, 0.15) is 11.6 Å². The predicted octanol–water partition coefficient (Wildman–Crippen LogP) is 1.70. The predicted molar refractivity (Wildman–Crippen MR) is 55.9 cm³/mol. The lowest BCUT2D eigenvalue weighted by atomic mass is 10.0. The van der Waals surface area contributed by atoms with Crippen molar-refractivity contribution in [1.29, 1.82) is 5.26 Å². The van der Waals surface area contributed by atoms with Crippen LogP contribution in [0.4, 0.5) is 8.78 Å². The molecular formula is C11H10F2N2O3. The number of nitriles is 1. The fourth-order valence-electron chi connectivity index (χ4n) is 1.40. The number of carbonyl (C=O) groups is 1. The van der Waals surface area contributed by atoms with Gasteiger partial charge in [-0.05, 0) is 6.92 Å². The summed E-state index contributed by atoms with van der Waals surface area (Å²) >= 11 is 0. The molecule has 0 saturated carbocycles. The molecule has 0 aliphatic carbocycles. The quantitative estimate of drug-likeness (QED) is 0.829. The molecule has 0 aromatic carbocycles. The molecule has 0 amide bonds. The molecule has 1 N–H and O–H groups in total. The Balaban J connectivity index is 3.20. The number of aromatic hydroxyl groups is 1. The summed E-state index contributed by atoms with van der Waals surface area (Å²) in [5.41, 5.74) is -1.57. The zero-order valence-corrected chi connectivity index (χ0v) is 9.48. The number of halogens is 2. The Hall–Kier alpha value is -2.23. The van der Waals surface area contributed by atoms with E-state index in [1.807, 2.05) is 0 Å². The van der Waals surface area contributed by atoms with Crippen LogP contribution in [0, 0.1) is 11.3 Å². The van der Waals surface area contributed by atoms with Gasteiger partial charge in [-0.3, -0.25) is 9.78 Å². The Morgan fingerprint density at radius 3 is 2.83 bits per heavy atom. The van der Waals surface area contributed by atoms with E-state index in [2.05, 4.69) is 9.72 Å². The second kappa shape index (κ2) is 5.91. The van der Waals surface area contributed by atoms with Crippen molar-refractivity contribution in [1.82, 2.24) is 4.98 Å². The molecule has 1 aromatic heterocycles. The van der Waals surface area contributed by atoms with Crippen molar-refractivity contribution >= 4 is 5.97 Å². The van der Waals surface area contributed by atoms with Gasteiger partial charge in [0, 0.05) is 0 Å². The molecule has 0 bridgehead atoms. The van der Waals surface area contributed by atoms with Gasteiger partial charge in [-0.2, -0.15) is 5.26 Å². The summed E-state index contributed by atoms with van der Waals surface area (Å²) < 4.78 is 30.3. The standard InChI is InChI=1S/C11H10F2N2O3/c1-2-18-9(17)3-7-10(11(12)13)6(4-14)8(16)5-15-7/h5,11,16H,2-3H2,1H3. The Morgan fingerprint density at radius 2 is 2.33 bits per heavy atom. The SMILES string of the molecule is CCOC(=O)Cc1ncc(O)c(C#N)c1C(F)F. The Bertz CT molecular complexity index is 498. The lowest BCUT2D eigenvalue weighted by Crippen LogP contribution is -2.12. The Kier molecular flexibility index (Phi) is 4.54. The summed E-state index contributed by atoms with van der Waals surface area (Å²) in [6, 6.07) is 1.47. The van der Waals surface area contributed by atoms with Gasteiger partial charge in [0.15, 0.2) is 5.75 Å². The van der Waals surface area contributed by atoms with Crippen molar-refractivity contribution in [2.75, 3.05) is 6.61 Å².